The fourth-order valence-electron chi connectivity index (χ4n) is 1.91. The Bertz CT molecular complexity index is 328. The van der Waals surface area contributed by atoms with Gasteiger partial charge in [-0.25, -0.2) is 0 Å². The second-order valence-corrected chi connectivity index (χ2v) is 5.75. The molecule has 1 aromatic rings. The fraction of sp³-hybridized carbons (Fsp3) is 0.636. The second kappa shape index (κ2) is 4.83. The predicted octanol–water partition coefficient (Wildman–Crippen LogP) is 3.23. The van der Waals surface area contributed by atoms with Crippen LogP contribution in [0.25, 0.3) is 0 Å². The van der Waals surface area contributed by atoms with E-state index >= 15 is 0 Å². The molecule has 0 radical (unpaired) electrons. The standard InChI is InChI=1S/C11H16ClNOS/c1-7(10-3-4-11(12)15-10)13-9-5-6-14-8(9)2/h3-4,7-9,13H,5-6H2,1-2H3. The van der Waals surface area contributed by atoms with Crippen LogP contribution >= 0.6 is 22.9 Å². The van der Waals surface area contributed by atoms with E-state index in [0.29, 0.717) is 18.2 Å². The van der Waals surface area contributed by atoms with Gasteiger partial charge in [-0.2, -0.15) is 0 Å². The highest BCUT2D eigenvalue weighted by Gasteiger charge is 2.25. The Morgan fingerprint density at radius 3 is 2.93 bits per heavy atom. The summed E-state index contributed by atoms with van der Waals surface area (Å²) >= 11 is 7.56. The molecule has 1 aliphatic heterocycles. The van der Waals surface area contributed by atoms with Crippen LogP contribution < -0.4 is 5.32 Å². The molecule has 1 N–H and O–H groups in total. The van der Waals surface area contributed by atoms with Crippen LogP contribution in [0.15, 0.2) is 12.1 Å². The number of ether oxygens (including phenoxy) is 1. The lowest BCUT2D eigenvalue weighted by Gasteiger charge is -2.20. The van der Waals surface area contributed by atoms with Gasteiger partial charge >= 0.3 is 0 Å². The molecule has 4 heteroatoms. The van der Waals surface area contributed by atoms with Gasteiger partial charge in [0.2, 0.25) is 0 Å². The minimum absolute atomic E-state index is 0.322. The lowest BCUT2D eigenvalue weighted by atomic mass is 10.1. The molecule has 2 nitrogen and oxygen atoms in total. The molecule has 1 aromatic heterocycles. The van der Waals surface area contributed by atoms with Crippen LogP contribution in [0, 0.1) is 0 Å². The van der Waals surface area contributed by atoms with Crippen molar-refractivity contribution in [2.45, 2.75) is 38.5 Å². The van der Waals surface area contributed by atoms with Gasteiger partial charge in [0.05, 0.1) is 10.4 Å². The van der Waals surface area contributed by atoms with Crippen LogP contribution in [0.1, 0.15) is 31.2 Å². The number of thiophene rings is 1. The molecular formula is C11H16ClNOS. The van der Waals surface area contributed by atoms with Gasteiger partial charge < -0.3 is 10.1 Å². The molecule has 0 aliphatic carbocycles. The zero-order valence-corrected chi connectivity index (χ0v) is 10.6. The summed E-state index contributed by atoms with van der Waals surface area (Å²) in [4.78, 5) is 1.29. The van der Waals surface area contributed by atoms with Gasteiger partial charge in [0.15, 0.2) is 0 Å². The van der Waals surface area contributed by atoms with E-state index in [1.807, 2.05) is 6.07 Å². The first-order chi connectivity index (χ1) is 7.16. The molecular weight excluding hydrogens is 230 g/mol. The molecule has 3 atom stereocenters. The summed E-state index contributed by atoms with van der Waals surface area (Å²) in [5, 5.41) is 3.58. The van der Waals surface area contributed by atoms with Crippen LogP contribution in [0.4, 0.5) is 0 Å². The lowest BCUT2D eigenvalue weighted by molar-refractivity contribution is 0.111. The molecule has 3 unspecified atom stereocenters. The van der Waals surface area contributed by atoms with Crippen molar-refractivity contribution in [3.8, 4) is 0 Å². The molecule has 1 aliphatic rings. The van der Waals surface area contributed by atoms with E-state index in [2.05, 4.69) is 25.2 Å². The zero-order chi connectivity index (χ0) is 10.8. The van der Waals surface area contributed by atoms with Gasteiger partial charge in [-0.3, -0.25) is 0 Å². The number of hydrogen-bond acceptors (Lipinski definition) is 3. The molecule has 2 heterocycles. The third kappa shape index (κ3) is 2.72. The summed E-state index contributed by atoms with van der Waals surface area (Å²) in [7, 11) is 0. The van der Waals surface area contributed by atoms with Crippen LogP contribution in [0.2, 0.25) is 4.34 Å². The van der Waals surface area contributed by atoms with Crippen LogP contribution in [-0.2, 0) is 4.74 Å². The van der Waals surface area contributed by atoms with Crippen molar-refractivity contribution >= 4 is 22.9 Å². The van der Waals surface area contributed by atoms with Crippen molar-refractivity contribution in [2.75, 3.05) is 6.61 Å². The topological polar surface area (TPSA) is 21.3 Å². The maximum Gasteiger partial charge on any atom is 0.0931 e. The van der Waals surface area contributed by atoms with Crippen molar-refractivity contribution in [3.63, 3.8) is 0 Å². The van der Waals surface area contributed by atoms with Crippen LogP contribution in [0.5, 0.6) is 0 Å². The average Bonchev–Trinajstić information content (AvgIpc) is 2.77. The van der Waals surface area contributed by atoms with Crippen molar-refractivity contribution in [1.29, 1.82) is 0 Å². The van der Waals surface area contributed by atoms with E-state index in [4.69, 9.17) is 16.3 Å². The summed E-state index contributed by atoms with van der Waals surface area (Å²) in [5.41, 5.74) is 0. The molecule has 15 heavy (non-hydrogen) atoms. The summed E-state index contributed by atoms with van der Waals surface area (Å²) in [6.07, 6.45) is 1.42. The van der Waals surface area contributed by atoms with E-state index in [-0.39, 0.29) is 0 Å². The van der Waals surface area contributed by atoms with E-state index in [1.165, 1.54) is 4.88 Å². The Labute approximate surface area is 99.6 Å². The molecule has 0 spiro atoms. The Morgan fingerprint density at radius 1 is 1.60 bits per heavy atom. The fourth-order valence-corrected chi connectivity index (χ4v) is 2.99. The van der Waals surface area contributed by atoms with Crippen LogP contribution in [-0.4, -0.2) is 18.8 Å². The second-order valence-electron chi connectivity index (χ2n) is 4.00. The Balaban J connectivity index is 1.94. The normalized spacial score (nSPS) is 28.2. The van der Waals surface area contributed by atoms with Crippen molar-refractivity contribution in [1.82, 2.24) is 5.32 Å². The maximum absolute atomic E-state index is 5.92. The van der Waals surface area contributed by atoms with E-state index in [0.717, 1.165) is 17.4 Å². The summed E-state index contributed by atoms with van der Waals surface area (Å²) in [6, 6.07) is 4.87. The summed E-state index contributed by atoms with van der Waals surface area (Å²) in [6.45, 7) is 5.17. The van der Waals surface area contributed by atoms with E-state index in [9.17, 15) is 0 Å². The molecule has 2 rings (SSSR count). The molecule has 0 aromatic carbocycles. The molecule has 1 saturated heterocycles. The van der Waals surface area contributed by atoms with E-state index < -0.39 is 0 Å². The number of hydrogen-bond donors (Lipinski definition) is 1. The Morgan fingerprint density at radius 2 is 2.40 bits per heavy atom. The molecule has 0 saturated carbocycles. The average molecular weight is 246 g/mol. The number of rotatable bonds is 3. The molecule has 0 bridgehead atoms. The minimum Gasteiger partial charge on any atom is -0.377 e. The van der Waals surface area contributed by atoms with Gasteiger partial charge in [0.1, 0.15) is 0 Å². The SMILES string of the molecule is CC(NC1CCOC1C)c1ccc(Cl)s1. The van der Waals surface area contributed by atoms with Gasteiger partial charge in [0, 0.05) is 23.6 Å². The first-order valence-corrected chi connectivity index (χ1v) is 6.49. The Kier molecular flexibility index (Phi) is 3.67. The van der Waals surface area contributed by atoms with Crippen molar-refractivity contribution in [2.24, 2.45) is 0 Å². The largest absolute Gasteiger partial charge is 0.377 e. The molecule has 0 amide bonds. The van der Waals surface area contributed by atoms with Crippen molar-refractivity contribution < 1.29 is 4.74 Å². The number of nitrogens with one attached hydrogen (secondary N) is 1. The Hall–Kier alpha value is -0.0900. The highest BCUT2D eigenvalue weighted by molar-refractivity contribution is 7.16. The third-order valence-electron chi connectivity index (χ3n) is 2.86. The predicted molar refractivity (Wildman–Crippen MR) is 64.7 cm³/mol. The minimum atomic E-state index is 0.322. The van der Waals surface area contributed by atoms with Gasteiger partial charge in [-0.1, -0.05) is 11.6 Å². The third-order valence-corrected chi connectivity index (χ3v) is 4.27. The highest BCUT2D eigenvalue weighted by atomic mass is 35.5. The smallest absolute Gasteiger partial charge is 0.0931 e. The monoisotopic (exact) mass is 245 g/mol. The van der Waals surface area contributed by atoms with Crippen molar-refractivity contribution in [3.05, 3.63) is 21.3 Å². The molecule has 84 valence electrons. The maximum atomic E-state index is 5.92. The number of halogens is 1. The van der Waals surface area contributed by atoms with Gasteiger partial charge in [-0.15, -0.1) is 11.3 Å². The first-order valence-electron chi connectivity index (χ1n) is 5.29. The highest BCUT2D eigenvalue weighted by Crippen LogP contribution is 2.28. The zero-order valence-electron chi connectivity index (χ0n) is 9.00. The van der Waals surface area contributed by atoms with E-state index in [1.54, 1.807) is 11.3 Å². The summed E-state index contributed by atoms with van der Waals surface area (Å²) in [5.74, 6) is 0. The quantitative estimate of drug-likeness (QED) is 0.883. The van der Waals surface area contributed by atoms with Gasteiger partial charge in [0.25, 0.3) is 0 Å². The van der Waals surface area contributed by atoms with Crippen LogP contribution in [0.3, 0.4) is 0 Å². The first kappa shape index (κ1) is 11.4. The summed E-state index contributed by atoms with van der Waals surface area (Å²) < 4.78 is 6.38. The lowest BCUT2D eigenvalue weighted by Crippen LogP contribution is -2.36. The molecule has 1 fully saturated rings. The van der Waals surface area contributed by atoms with Gasteiger partial charge in [-0.05, 0) is 32.4 Å².